The zero-order valence-corrected chi connectivity index (χ0v) is 12.6. The molecule has 19 heavy (non-hydrogen) atoms. The Balaban J connectivity index is 2.25. The summed E-state index contributed by atoms with van der Waals surface area (Å²) in [6, 6.07) is 11.8. The Morgan fingerprint density at radius 1 is 1.05 bits per heavy atom. The SMILES string of the molecule is Cc1ccc(C)c(CC(N)c2ccc(Cl)cc2Cl)c1. The maximum atomic E-state index is 6.27. The van der Waals surface area contributed by atoms with E-state index in [2.05, 4.69) is 32.0 Å². The van der Waals surface area contributed by atoms with Gasteiger partial charge in [-0.25, -0.2) is 0 Å². The summed E-state index contributed by atoms with van der Waals surface area (Å²) in [6.07, 6.45) is 0.773. The Labute approximate surface area is 124 Å². The Kier molecular flexibility index (Phi) is 4.51. The first-order valence-corrected chi connectivity index (χ1v) is 6.99. The Bertz CT molecular complexity index is 593. The lowest BCUT2D eigenvalue weighted by atomic mass is 9.95. The maximum Gasteiger partial charge on any atom is 0.0468 e. The lowest BCUT2D eigenvalue weighted by Gasteiger charge is -2.16. The number of nitrogens with two attached hydrogens (primary N) is 1. The minimum atomic E-state index is -0.120. The van der Waals surface area contributed by atoms with Crippen molar-refractivity contribution >= 4 is 23.2 Å². The lowest BCUT2D eigenvalue weighted by Crippen LogP contribution is -2.14. The minimum Gasteiger partial charge on any atom is -0.324 e. The van der Waals surface area contributed by atoms with Gasteiger partial charge in [0.05, 0.1) is 0 Å². The van der Waals surface area contributed by atoms with Crippen LogP contribution < -0.4 is 5.73 Å². The molecule has 0 amide bonds. The van der Waals surface area contributed by atoms with Crippen molar-refractivity contribution in [2.45, 2.75) is 26.3 Å². The first kappa shape index (κ1) is 14.4. The molecular formula is C16H17Cl2N. The summed E-state index contributed by atoms with van der Waals surface area (Å²) in [5.74, 6) is 0. The van der Waals surface area contributed by atoms with Gasteiger partial charge in [-0.1, -0.05) is 53.0 Å². The van der Waals surface area contributed by atoms with Crippen LogP contribution in [0.5, 0.6) is 0 Å². The molecule has 2 N–H and O–H groups in total. The van der Waals surface area contributed by atoms with Gasteiger partial charge in [-0.05, 0) is 49.1 Å². The highest BCUT2D eigenvalue weighted by Gasteiger charge is 2.12. The van der Waals surface area contributed by atoms with Gasteiger partial charge in [0.2, 0.25) is 0 Å². The third kappa shape index (κ3) is 3.50. The van der Waals surface area contributed by atoms with E-state index in [-0.39, 0.29) is 6.04 Å². The van der Waals surface area contributed by atoms with Crippen LogP contribution in [-0.4, -0.2) is 0 Å². The molecule has 0 heterocycles. The Morgan fingerprint density at radius 2 is 1.79 bits per heavy atom. The van der Waals surface area contributed by atoms with Crippen LogP contribution in [-0.2, 0) is 6.42 Å². The van der Waals surface area contributed by atoms with Gasteiger partial charge in [0, 0.05) is 16.1 Å². The first-order chi connectivity index (χ1) is 8.97. The Morgan fingerprint density at radius 3 is 2.47 bits per heavy atom. The van der Waals surface area contributed by atoms with Gasteiger partial charge >= 0.3 is 0 Å². The average molecular weight is 294 g/mol. The van der Waals surface area contributed by atoms with E-state index < -0.39 is 0 Å². The van der Waals surface area contributed by atoms with E-state index in [1.807, 2.05) is 12.1 Å². The van der Waals surface area contributed by atoms with Crippen LogP contribution in [0.4, 0.5) is 0 Å². The summed E-state index contributed by atoms with van der Waals surface area (Å²) >= 11 is 12.1. The third-order valence-corrected chi connectivity index (χ3v) is 3.87. The van der Waals surface area contributed by atoms with Gasteiger partial charge in [-0.15, -0.1) is 0 Å². The van der Waals surface area contributed by atoms with Crippen LogP contribution in [0.2, 0.25) is 10.0 Å². The normalized spacial score (nSPS) is 12.5. The van der Waals surface area contributed by atoms with E-state index in [1.54, 1.807) is 6.07 Å². The molecule has 2 aromatic rings. The van der Waals surface area contributed by atoms with Gasteiger partial charge in [-0.3, -0.25) is 0 Å². The maximum absolute atomic E-state index is 6.27. The fraction of sp³-hybridized carbons (Fsp3) is 0.250. The van der Waals surface area contributed by atoms with Crippen molar-refractivity contribution in [1.29, 1.82) is 0 Å². The third-order valence-electron chi connectivity index (χ3n) is 3.31. The molecule has 0 fully saturated rings. The molecule has 0 spiro atoms. The number of hydrogen-bond donors (Lipinski definition) is 1. The van der Waals surface area contributed by atoms with Crippen molar-refractivity contribution in [3.8, 4) is 0 Å². The second-order valence-electron chi connectivity index (χ2n) is 4.91. The molecule has 1 unspecified atom stereocenters. The van der Waals surface area contributed by atoms with Crippen molar-refractivity contribution in [2.75, 3.05) is 0 Å². The second kappa shape index (κ2) is 5.96. The quantitative estimate of drug-likeness (QED) is 0.860. The van der Waals surface area contributed by atoms with Crippen molar-refractivity contribution < 1.29 is 0 Å². The fourth-order valence-electron chi connectivity index (χ4n) is 2.17. The largest absolute Gasteiger partial charge is 0.324 e. The van der Waals surface area contributed by atoms with E-state index in [0.29, 0.717) is 10.0 Å². The van der Waals surface area contributed by atoms with E-state index >= 15 is 0 Å². The monoisotopic (exact) mass is 293 g/mol. The van der Waals surface area contributed by atoms with E-state index in [4.69, 9.17) is 28.9 Å². The predicted octanol–water partition coefficient (Wildman–Crippen LogP) is 4.85. The summed E-state index contributed by atoms with van der Waals surface area (Å²) in [5, 5.41) is 1.26. The van der Waals surface area contributed by atoms with Gasteiger partial charge in [0.1, 0.15) is 0 Å². The van der Waals surface area contributed by atoms with Crippen LogP contribution in [0.1, 0.15) is 28.3 Å². The predicted molar refractivity (Wildman–Crippen MR) is 83.0 cm³/mol. The van der Waals surface area contributed by atoms with Crippen molar-refractivity contribution in [1.82, 2.24) is 0 Å². The molecule has 1 atom stereocenters. The molecule has 0 bridgehead atoms. The molecule has 0 aliphatic rings. The van der Waals surface area contributed by atoms with Crippen LogP contribution in [0.25, 0.3) is 0 Å². The van der Waals surface area contributed by atoms with Gasteiger partial charge < -0.3 is 5.73 Å². The number of halogens is 2. The average Bonchev–Trinajstić information content (AvgIpc) is 2.33. The summed E-state index contributed by atoms with van der Waals surface area (Å²) in [7, 11) is 0. The number of benzene rings is 2. The highest BCUT2D eigenvalue weighted by molar-refractivity contribution is 6.35. The van der Waals surface area contributed by atoms with Crippen LogP contribution >= 0.6 is 23.2 Å². The lowest BCUT2D eigenvalue weighted by molar-refractivity contribution is 0.718. The van der Waals surface area contributed by atoms with Crippen molar-refractivity contribution in [3.63, 3.8) is 0 Å². The van der Waals surface area contributed by atoms with Crippen LogP contribution in [0.15, 0.2) is 36.4 Å². The molecule has 0 aromatic heterocycles. The molecule has 0 radical (unpaired) electrons. The zero-order valence-electron chi connectivity index (χ0n) is 11.1. The van der Waals surface area contributed by atoms with E-state index in [9.17, 15) is 0 Å². The van der Waals surface area contributed by atoms with Crippen LogP contribution in [0.3, 0.4) is 0 Å². The molecular weight excluding hydrogens is 277 g/mol. The van der Waals surface area contributed by atoms with E-state index in [1.165, 1.54) is 16.7 Å². The zero-order chi connectivity index (χ0) is 14.0. The van der Waals surface area contributed by atoms with Gasteiger partial charge in [0.15, 0.2) is 0 Å². The standard InChI is InChI=1S/C16H17Cl2N/c1-10-3-4-11(2)12(7-10)8-16(19)14-6-5-13(17)9-15(14)18/h3-7,9,16H,8,19H2,1-2H3. The van der Waals surface area contributed by atoms with Gasteiger partial charge in [-0.2, -0.15) is 0 Å². The Hall–Kier alpha value is -1.02. The molecule has 1 nitrogen and oxygen atoms in total. The fourth-order valence-corrected chi connectivity index (χ4v) is 2.72. The highest BCUT2D eigenvalue weighted by Crippen LogP contribution is 2.27. The summed E-state index contributed by atoms with van der Waals surface area (Å²) in [5.41, 5.74) is 11.0. The molecule has 0 aliphatic carbocycles. The number of hydrogen-bond acceptors (Lipinski definition) is 1. The minimum absolute atomic E-state index is 0.120. The van der Waals surface area contributed by atoms with Gasteiger partial charge in [0.25, 0.3) is 0 Å². The van der Waals surface area contributed by atoms with Crippen molar-refractivity contribution in [3.05, 3.63) is 68.7 Å². The summed E-state index contributed by atoms with van der Waals surface area (Å²) < 4.78 is 0. The number of aryl methyl sites for hydroxylation is 2. The first-order valence-electron chi connectivity index (χ1n) is 6.24. The number of rotatable bonds is 3. The topological polar surface area (TPSA) is 26.0 Å². The molecule has 100 valence electrons. The summed E-state index contributed by atoms with van der Waals surface area (Å²) in [4.78, 5) is 0. The molecule has 3 heteroatoms. The molecule has 0 saturated carbocycles. The highest BCUT2D eigenvalue weighted by atomic mass is 35.5. The van der Waals surface area contributed by atoms with Crippen molar-refractivity contribution in [2.24, 2.45) is 5.73 Å². The molecule has 0 aliphatic heterocycles. The molecule has 2 aromatic carbocycles. The smallest absolute Gasteiger partial charge is 0.0468 e. The summed E-state index contributed by atoms with van der Waals surface area (Å²) in [6.45, 7) is 4.19. The second-order valence-corrected chi connectivity index (χ2v) is 5.75. The molecule has 0 saturated heterocycles. The van der Waals surface area contributed by atoms with Crippen LogP contribution in [0, 0.1) is 13.8 Å². The van der Waals surface area contributed by atoms with E-state index in [0.717, 1.165) is 12.0 Å². The molecule has 2 rings (SSSR count).